The van der Waals surface area contributed by atoms with Gasteiger partial charge in [-0.05, 0) is 17.0 Å². The fraction of sp³-hybridized carbons (Fsp3) is 0.154. The Hall–Kier alpha value is -1.78. The third-order valence-corrected chi connectivity index (χ3v) is 2.72. The average molecular weight is 268 g/mol. The molecular weight excluding hydrogens is 254 g/mol. The van der Waals surface area contributed by atoms with Crippen LogP contribution in [0.3, 0.4) is 0 Å². The highest BCUT2D eigenvalue weighted by atomic mass is 35.5. The van der Waals surface area contributed by atoms with Crippen molar-refractivity contribution in [2.24, 2.45) is 5.73 Å². The molecule has 0 heterocycles. The van der Waals surface area contributed by atoms with Crippen LogP contribution < -0.4 is 5.73 Å². The zero-order valence-corrected chi connectivity index (χ0v) is 10.6. The molecule has 0 saturated carbocycles. The van der Waals surface area contributed by atoms with Gasteiger partial charge in [-0.2, -0.15) is 0 Å². The minimum atomic E-state index is -0.842. The monoisotopic (exact) mass is 267 g/mol. The third-order valence-electron chi connectivity index (χ3n) is 2.72. The molecule has 0 amide bonds. The first-order valence-electron chi connectivity index (χ1n) is 5.19. The van der Waals surface area contributed by atoms with Crippen LogP contribution in [-0.4, -0.2) is 18.2 Å². The predicted octanol–water partition coefficient (Wildman–Crippen LogP) is 2.14. The lowest BCUT2D eigenvalue weighted by atomic mass is 9.98. The summed E-state index contributed by atoms with van der Waals surface area (Å²) in [6, 6.07) is 9.56. The van der Waals surface area contributed by atoms with Crippen molar-refractivity contribution >= 4 is 29.1 Å². The summed E-state index contributed by atoms with van der Waals surface area (Å²) >= 11 is 0. The molecular formula is C13H14ClNO3. The number of phenols is 1. The Morgan fingerprint density at radius 1 is 1.22 bits per heavy atom. The van der Waals surface area contributed by atoms with E-state index in [1.54, 1.807) is 12.1 Å². The van der Waals surface area contributed by atoms with Crippen LogP contribution in [0.5, 0.6) is 5.75 Å². The van der Waals surface area contributed by atoms with Gasteiger partial charge in [-0.3, -0.25) is 4.79 Å². The van der Waals surface area contributed by atoms with Gasteiger partial charge in [0.05, 0.1) is 7.11 Å². The minimum absolute atomic E-state index is 0. The first kappa shape index (κ1) is 14.3. The van der Waals surface area contributed by atoms with E-state index in [-0.39, 0.29) is 18.2 Å². The molecule has 0 aliphatic carbocycles. The lowest BCUT2D eigenvalue weighted by molar-refractivity contribution is -0.142. The number of phenolic OH excluding ortho intramolecular Hbond substituents is 1. The second-order valence-corrected chi connectivity index (χ2v) is 3.72. The molecule has 1 atom stereocenters. The fourth-order valence-electron chi connectivity index (χ4n) is 1.83. The molecule has 18 heavy (non-hydrogen) atoms. The summed E-state index contributed by atoms with van der Waals surface area (Å²) in [4.78, 5) is 11.4. The molecule has 0 spiro atoms. The Kier molecular flexibility index (Phi) is 4.53. The van der Waals surface area contributed by atoms with Crippen LogP contribution in [-0.2, 0) is 9.53 Å². The molecule has 0 bridgehead atoms. The number of esters is 1. The van der Waals surface area contributed by atoms with Crippen molar-refractivity contribution in [3.05, 3.63) is 42.0 Å². The predicted molar refractivity (Wildman–Crippen MR) is 71.8 cm³/mol. The number of benzene rings is 2. The van der Waals surface area contributed by atoms with Crippen LogP contribution in [0.25, 0.3) is 10.8 Å². The van der Waals surface area contributed by atoms with Crippen molar-refractivity contribution in [1.29, 1.82) is 0 Å². The number of ether oxygens (including phenoxy) is 1. The molecule has 0 radical (unpaired) electrons. The number of hydrogen-bond acceptors (Lipinski definition) is 4. The number of carbonyl (C=O) groups excluding carboxylic acids is 1. The Morgan fingerprint density at radius 3 is 2.44 bits per heavy atom. The molecule has 3 N–H and O–H groups in total. The number of methoxy groups -OCH3 is 1. The van der Waals surface area contributed by atoms with E-state index in [1.165, 1.54) is 13.2 Å². The van der Waals surface area contributed by atoms with E-state index in [4.69, 9.17) is 5.73 Å². The Labute approximate surface area is 111 Å². The zero-order valence-electron chi connectivity index (χ0n) is 9.79. The number of aromatic hydroxyl groups is 1. The summed E-state index contributed by atoms with van der Waals surface area (Å²) in [7, 11) is 1.30. The van der Waals surface area contributed by atoms with E-state index in [2.05, 4.69) is 4.74 Å². The van der Waals surface area contributed by atoms with E-state index < -0.39 is 12.0 Å². The van der Waals surface area contributed by atoms with Gasteiger partial charge in [-0.15, -0.1) is 12.4 Å². The van der Waals surface area contributed by atoms with Crippen molar-refractivity contribution in [2.45, 2.75) is 6.04 Å². The molecule has 2 aromatic carbocycles. The Morgan fingerprint density at radius 2 is 1.83 bits per heavy atom. The number of nitrogens with two attached hydrogens (primary N) is 1. The van der Waals surface area contributed by atoms with Crippen molar-refractivity contribution in [1.82, 2.24) is 0 Å². The Balaban J connectivity index is 0.00000162. The van der Waals surface area contributed by atoms with Gasteiger partial charge < -0.3 is 15.6 Å². The van der Waals surface area contributed by atoms with Gasteiger partial charge in [0.25, 0.3) is 0 Å². The molecule has 4 nitrogen and oxygen atoms in total. The van der Waals surface area contributed by atoms with E-state index in [0.29, 0.717) is 10.9 Å². The van der Waals surface area contributed by atoms with Crippen molar-refractivity contribution in [3.8, 4) is 5.75 Å². The lowest BCUT2D eigenvalue weighted by Crippen LogP contribution is -2.22. The minimum Gasteiger partial charge on any atom is -0.507 e. The first-order valence-corrected chi connectivity index (χ1v) is 5.19. The number of carbonyl (C=O) groups is 1. The van der Waals surface area contributed by atoms with Crippen LogP contribution in [0.2, 0.25) is 0 Å². The average Bonchev–Trinajstić information content (AvgIpc) is 2.38. The summed E-state index contributed by atoms with van der Waals surface area (Å²) in [6.45, 7) is 0. The van der Waals surface area contributed by atoms with Crippen molar-refractivity contribution in [2.75, 3.05) is 7.11 Å². The summed E-state index contributed by atoms with van der Waals surface area (Å²) in [5, 5.41) is 11.1. The largest absolute Gasteiger partial charge is 0.507 e. The quantitative estimate of drug-likeness (QED) is 0.818. The van der Waals surface area contributed by atoms with Gasteiger partial charge in [0.2, 0.25) is 0 Å². The molecule has 0 unspecified atom stereocenters. The van der Waals surface area contributed by atoms with Crippen LogP contribution in [0.1, 0.15) is 11.6 Å². The standard InChI is InChI=1S/C13H13NO3.ClH/c1-17-13(16)12(14)10-6-7-11(15)9-5-3-2-4-8(9)10;/h2-7,12,15H,14H2,1H3;1H/t12-;/m0./s1. The van der Waals surface area contributed by atoms with E-state index in [9.17, 15) is 9.90 Å². The smallest absolute Gasteiger partial charge is 0.327 e. The maximum Gasteiger partial charge on any atom is 0.327 e. The Bertz CT molecular complexity index is 571. The molecule has 0 fully saturated rings. The summed E-state index contributed by atoms with van der Waals surface area (Å²) in [6.07, 6.45) is 0. The lowest BCUT2D eigenvalue weighted by Gasteiger charge is -2.13. The summed E-state index contributed by atoms with van der Waals surface area (Å²) < 4.78 is 4.62. The number of halogens is 1. The van der Waals surface area contributed by atoms with Gasteiger partial charge in [-0.1, -0.05) is 30.3 Å². The van der Waals surface area contributed by atoms with Gasteiger partial charge in [0, 0.05) is 5.39 Å². The number of rotatable bonds is 2. The SMILES string of the molecule is COC(=O)[C@@H](N)c1ccc(O)c2ccccc12.Cl. The fourth-order valence-corrected chi connectivity index (χ4v) is 1.83. The first-order chi connectivity index (χ1) is 8.15. The van der Waals surface area contributed by atoms with Crippen LogP contribution in [0.4, 0.5) is 0 Å². The van der Waals surface area contributed by atoms with Gasteiger partial charge in [0.1, 0.15) is 11.8 Å². The maximum atomic E-state index is 11.4. The topological polar surface area (TPSA) is 72.5 Å². The molecule has 0 aliphatic heterocycles. The van der Waals surface area contributed by atoms with E-state index >= 15 is 0 Å². The zero-order chi connectivity index (χ0) is 12.4. The van der Waals surface area contributed by atoms with E-state index in [1.807, 2.05) is 18.2 Å². The van der Waals surface area contributed by atoms with Crippen LogP contribution in [0.15, 0.2) is 36.4 Å². The second kappa shape index (κ2) is 5.71. The summed E-state index contributed by atoms with van der Waals surface area (Å²) in [5.74, 6) is -0.331. The van der Waals surface area contributed by atoms with Gasteiger partial charge >= 0.3 is 5.97 Å². The van der Waals surface area contributed by atoms with Gasteiger partial charge in [-0.25, -0.2) is 0 Å². The molecule has 2 aromatic rings. The highest BCUT2D eigenvalue weighted by Crippen LogP contribution is 2.30. The van der Waals surface area contributed by atoms with Crippen LogP contribution >= 0.6 is 12.4 Å². The highest BCUT2D eigenvalue weighted by molar-refractivity contribution is 5.94. The van der Waals surface area contributed by atoms with Crippen molar-refractivity contribution < 1.29 is 14.6 Å². The summed E-state index contributed by atoms with van der Waals surface area (Å²) in [5.41, 5.74) is 6.45. The molecule has 2 rings (SSSR count). The molecule has 0 aliphatic rings. The number of fused-ring (bicyclic) bond motifs is 1. The van der Waals surface area contributed by atoms with Crippen LogP contribution in [0, 0.1) is 0 Å². The number of hydrogen-bond donors (Lipinski definition) is 2. The maximum absolute atomic E-state index is 11.4. The third kappa shape index (κ3) is 2.39. The molecule has 0 saturated heterocycles. The molecule has 5 heteroatoms. The van der Waals surface area contributed by atoms with Crippen molar-refractivity contribution in [3.63, 3.8) is 0 Å². The van der Waals surface area contributed by atoms with Gasteiger partial charge in [0.15, 0.2) is 0 Å². The highest BCUT2D eigenvalue weighted by Gasteiger charge is 2.19. The second-order valence-electron chi connectivity index (χ2n) is 3.72. The molecule has 96 valence electrons. The van der Waals surface area contributed by atoms with E-state index in [0.717, 1.165) is 5.39 Å². The normalized spacial score (nSPS) is 11.7. The molecule has 0 aromatic heterocycles.